The van der Waals surface area contributed by atoms with Crippen LogP contribution in [0.2, 0.25) is 0 Å². The maximum Gasteiger partial charge on any atom is 0.242 e. The number of carbonyl (C=O) groups is 2. The molecule has 1 N–H and O–H groups in total. The summed E-state index contributed by atoms with van der Waals surface area (Å²) in [6, 6.07) is 15.7. The number of thioether (sulfide) groups is 1. The average Bonchev–Trinajstić information content (AvgIpc) is 2.70. The van der Waals surface area contributed by atoms with Crippen LogP contribution >= 0.6 is 11.8 Å². The first kappa shape index (κ1) is 23.0. The van der Waals surface area contributed by atoms with Crippen molar-refractivity contribution in [2.75, 3.05) is 12.3 Å². The lowest BCUT2D eigenvalue weighted by Crippen LogP contribution is -2.48. The van der Waals surface area contributed by atoms with Gasteiger partial charge in [-0.2, -0.15) is 0 Å². The number of benzene rings is 2. The second kappa shape index (κ2) is 11.1. The van der Waals surface area contributed by atoms with Crippen molar-refractivity contribution in [1.82, 2.24) is 10.2 Å². The quantitative estimate of drug-likeness (QED) is 0.613. The molecule has 29 heavy (non-hydrogen) atoms. The summed E-state index contributed by atoms with van der Waals surface area (Å²) in [5.74, 6) is 0.517. The van der Waals surface area contributed by atoms with Crippen molar-refractivity contribution < 1.29 is 9.59 Å². The molecule has 0 aliphatic rings. The van der Waals surface area contributed by atoms with Gasteiger partial charge in [-0.05, 0) is 44.4 Å². The summed E-state index contributed by atoms with van der Waals surface area (Å²) in [6.07, 6.45) is 0. The molecule has 2 aromatic rings. The predicted octanol–water partition coefficient (Wildman–Crippen LogP) is 4.59. The van der Waals surface area contributed by atoms with Crippen molar-refractivity contribution in [1.29, 1.82) is 0 Å². The topological polar surface area (TPSA) is 49.4 Å². The van der Waals surface area contributed by atoms with E-state index in [1.54, 1.807) is 11.8 Å². The molecule has 1 atom stereocenters. The summed E-state index contributed by atoms with van der Waals surface area (Å²) in [7, 11) is 0. The van der Waals surface area contributed by atoms with Crippen LogP contribution in [0.1, 0.15) is 37.5 Å². The Balaban J connectivity index is 2.10. The van der Waals surface area contributed by atoms with E-state index < -0.39 is 6.04 Å². The molecule has 0 radical (unpaired) electrons. The minimum atomic E-state index is -0.527. The molecule has 0 bridgehead atoms. The minimum Gasteiger partial charge on any atom is -0.354 e. The molecule has 156 valence electrons. The van der Waals surface area contributed by atoms with Crippen molar-refractivity contribution in [2.45, 2.75) is 52.1 Å². The van der Waals surface area contributed by atoms with E-state index in [2.05, 4.69) is 19.2 Å². The van der Waals surface area contributed by atoms with Crippen LogP contribution in [0, 0.1) is 19.8 Å². The zero-order valence-electron chi connectivity index (χ0n) is 18.1. The van der Waals surface area contributed by atoms with Gasteiger partial charge in [0.2, 0.25) is 11.8 Å². The van der Waals surface area contributed by atoms with Crippen LogP contribution in [0.25, 0.3) is 0 Å². The van der Waals surface area contributed by atoms with Crippen molar-refractivity contribution in [3.05, 3.63) is 65.2 Å². The SMILES string of the molecule is Cc1ccc(CN(C(=O)CSc2ccc(C)cc2)[C@@H](C)C(=O)NCC(C)C)cc1. The third-order valence-corrected chi connectivity index (χ3v) is 5.71. The third-order valence-electron chi connectivity index (χ3n) is 4.71. The molecule has 2 amide bonds. The molecular weight excluding hydrogens is 380 g/mol. The second-order valence-corrected chi connectivity index (χ2v) is 8.97. The summed E-state index contributed by atoms with van der Waals surface area (Å²) >= 11 is 1.50. The highest BCUT2D eigenvalue weighted by Gasteiger charge is 2.26. The molecule has 0 aromatic heterocycles. The molecule has 0 spiro atoms. The first-order chi connectivity index (χ1) is 13.8. The van der Waals surface area contributed by atoms with E-state index >= 15 is 0 Å². The summed E-state index contributed by atoms with van der Waals surface area (Å²) in [5.41, 5.74) is 3.38. The van der Waals surface area contributed by atoms with E-state index in [4.69, 9.17) is 0 Å². The van der Waals surface area contributed by atoms with Gasteiger partial charge in [0, 0.05) is 18.0 Å². The highest BCUT2D eigenvalue weighted by Crippen LogP contribution is 2.20. The molecule has 0 unspecified atom stereocenters. The Morgan fingerprint density at radius 1 is 0.931 bits per heavy atom. The van der Waals surface area contributed by atoms with Crippen molar-refractivity contribution in [3.8, 4) is 0 Å². The maximum atomic E-state index is 13.1. The third kappa shape index (κ3) is 7.58. The van der Waals surface area contributed by atoms with E-state index in [1.165, 1.54) is 22.9 Å². The van der Waals surface area contributed by atoms with E-state index in [-0.39, 0.29) is 11.8 Å². The van der Waals surface area contributed by atoms with Crippen molar-refractivity contribution >= 4 is 23.6 Å². The highest BCUT2D eigenvalue weighted by atomic mass is 32.2. The lowest BCUT2D eigenvalue weighted by atomic mass is 10.1. The zero-order valence-corrected chi connectivity index (χ0v) is 18.9. The van der Waals surface area contributed by atoms with Gasteiger partial charge < -0.3 is 10.2 Å². The van der Waals surface area contributed by atoms with Crippen LogP contribution in [-0.2, 0) is 16.1 Å². The van der Waals surface area contributed by atoms with Crippen LogP contribution in [0.4, 0.5) is 0 Å². The fourth-order valence-corrected chi connectivity index (χ4v) is 3.57. The van der Waals surface area contributed by atoms with Gasteiger partial charge >= 0.3 is 0 Å². The monoisotopic (exact) mass is 412 g/mol. The molecule has 0 saturated heterocycles. The van der Waals surface area contributed by atoms with E-state index in [0.717, 1.165) is 10.5 Å². The Morgan fingerprint density at radius 3 is 2.03 bits per heavy atom. The largest absolute Gasteiger partial charge is 0.354 e. The lowest BCUT2D eigenvalue weighted by Gasteiger charge is -2.29. The van der Waals surface area contributed by atoms with E-state index in [1.807, 2.05) is 62.4 Å². The number of nitrogens with zero attached hydrogens (tertiary/aromatic N) is 1. The summed E-state index contributed by atoms with van der Waals surface area (Å²) in [6.45, 7) is 11.0. The Kier molecular flexibility index (Phi) is 8.77. The number of amides is 2. The highest BCUT2D eigenvalue weighted by molar-refractivity contribution is 8.00. The molecular formula is C24H32N2O2S. The van der Waals surface area contributed by atoms with Crippen molar-refractivity contribution in [2.24, 2.45) is 5.92 Å². The van der Waals surface area contributed by atoms with Gasteiger partial charge in [0.05, 0.1) is 5.75 Å². The molecule has 2 aromatic carbocycles. The predicted molar refractivity (Wildman–Crippen MR) is 121 cm³/mol. The fraction of sp³-hybridized carbons (Fsp3) is 0.417. The molecule has 4 nitrogen and oxygen atoms in total. The van der Waals surface area contributed by atoms with Gasteiger partial charge in [0.1, 0.15) is 6.04 Å². The molecule has 2 rings (SSSR count). The number of hydrogen-bond donors (Lipinski definition) is 1. The van der Waals surface area contributed by atoms with Crippen LogP contribution < -0.4 is 5.32 Å². The lowest BCUT2D eigenvalue weighted by molar-refractivity contribution is -0.138. The van der Waals surface area contributed by atoms with Crippen LogP contribution in [0.15, 0.2) is 53.4 Å². The Morgan fingerprint density at radius 2 is 1.48 bits per heavy atom. The number of carbonyl (C=O) groups excluding carboxylic acids is 2. The molecule has 5 heteroatoms. The Labute approximate surface area is 179 Å². The number of nitrogens with one attached hydrogen (secondary N) is 1. The fourth-order valence-electron chi connectivity index (χ4n) is 2.79. The standard InChI is InChI=1S/C24H32N2O2S/c1-17(2)14-25-24(28)20(5)26(15-21-10-6-18(3)7-11-21)23(27)16-29-22-12-8-19(4)9-13-22/h6-13,17,20H,14-16H2,1-5H3,(H,25,28)/t20-/m0/s1. The molecule has 0 aliphatic heterocycles. The van der Waals surface area contributed by atoms with Gasteiger partial charge in [-0.25, -0.2) is 0 Å². The first-order valence-corrected chi connectivity index (χ1v) is 11.1. The Hall–Kier alpha value is -2.27. The van der Waals surface area contributed by atoms with E-state index in [0.29, 0.717) is 24.8 Å². The summed E-state index contributed by atoms with van der Waals surface area (Å²) in [5, 5.41) is 2.95. The van der Waals surface area contributed by atoms with Gasteiger partial charge in [0.25, 0.3) is 0 Å². The summed E-state index contributed by atoms with van der Waals surface area (Å²) in [4.78, 5) is 28.4. The van der Waals surface area contributed by atoms with Crippen LogP contribution in [0.3, 0.4) is 0 Å². The maximum absolute atomic E-state index is 13.1. The average molecular weight is 413 g/mol. The molecule has 0 heterocycles. The van der Waals surface area contributed by atoms with Crippen LogP contribution in [-0.4, -0.2) is 35.1 Å². The first-order valence-electron chi connectivity index (χ1n) is 10.1. The molecule has 0 saturated carbocycles. The van der Waals surface area contributed by atoms with E-state index in [9.17, 15) is 9.59 Å². The second-order valence-electron chi connectivity index (χ2n) is 7.92. The minimum absolute atomic E-state index is 0.0386. The normalized spacial score (nSPS) is 11.9. The van der Waals surface area contributed by atoms with Gasteiger partial charge in [-0.3, -0.25) is 9.59 Å². The molecule has 0 fully saturated rings. The number of aryl methyl sites for hydroxylation is 2. The molecule has 0 aliphatic carbocycles. The Bertz CT molecular complexity index is 801. The number of hydrogen-bond acceptors (Lipinski definition) is 3. The zero-order chi connectivity index (χ0) is 21.4. The number of rotatable bonds is 9. The summed E-state index contributed by atoms with van der Waals surface area (Å²) < 4.78 is 0. The van der Waals surface area contributed by atoms with Gasteiger partial charge in [-0.1, -0.05) is 61.4 Å². The van der Waals surface area contributed by atoms with Gasteiger partial charge in [0.15, 0.2) is 0 Å². The van der Waals surface area contributed by atoms with Crippen molar-refractivity contribution in [3.63, 3.8) is 0 Å². The van der Waals surface area contributed by atoms with Gasteiger partial charge in [-0.15, -0.1) is 11.8 Å². The van der Waals surface area contributed by atoms with Crippen LogP contribution in [0.5, 0.6) is 0 Å². The smallest absolute Gasteiger partial charge is 0.242 e.